The topological polar surface area (TPSA) is 82.9 Å². The number of carbonyl (C=O) groups is 3. The average Bonchev–Trinajstić information content (AvgIpc) is 3.38. The lowest BCUT2D eigenvalue weighted by Gasteiger charge is -2.40. The van der Waals surface area contributed by atoms with Crippen molar-refractivity contribution in [1.29, 1.82) is 0 Å². The van der Waals surface area contributed by atoms with Gasteiger partial charge in [-0.1, -0.05) is 25.7 Å². The van der Waals surface area contributed by atoms with E-state index in [9.17, 15) is 14.4 Å². The second-order valence-corrected chi connectivity index (χ2v) is 7.18. The van der Waals surface area contributed by atoms with Crippen LogP contribution in [0.5, 0.6) is 0 Å². The van der Waals surface area contributed by atoms with E-state index in [4.69, 9.17) is 4.42 Å². The summed E-state index contributed by atoms with van der Waals surface area (Å²) in [4.78, 5) is 36.7. The number of nitrogens with zero attached hydrogens (tertiary/aromatic N) is 2. The van der Waals surface area contributed by atoms with Crippen molar-refractivity contribution in [1.82, 2.24) is 15.3 Å². The van der Waals surface area contributed by atoms with E-state index < -0.39 is 0 Å². The van der Waals surface area contributed by atoms with E-state index in [0.29, 0.717) is 32.0 Å². The van der Waals surface area contributed by atoms with Gasteiger partial charge in [0.2, 0.25) is 12.3 Å². The van der Waals surface area contributed by atoms with Gasteiger partial charge in [-0.15, -0.1) is 0 Å². The number of hydrazine groups is 1. The molecule has 26 heavy (non-hydrogen) atoms. The molecule has 3 rings (SSSR count). The van der Waals surface area contributed by atoms with E-state index in [-0.39, 0.29) is 23.5 Å². The molecule has 0 aromatic carbocycles. The summed E-state index contributed by atoms with van der Waals surface area (Å²) in [5.74, 6) is 0.102. The molecule has 1 saturated carbocycles. The Balaban J connectivity index is 1.73. The zero-order valence-corrected chi connectivity index (χ0v) is 15.1. The minimum atomic E-state index is -0.298. The second-order valence-electron chi connectivity index (χ2n) is 7.18. The highest BCUT2D eigenvalue weighted by Crippen LogP contribution is 2.31. The molecule has 2 heterocycles. The summed E-state index contributed by atoms with van der Waals surface area (Å²) in [5.41, 5.74) is 0. The summed E-state index contributed by atoms with van der Waals surface area (Å²) in [6, 6.07) is 3.28. The third kappa shape index (κ3) is 4.26. The molecule has 7 nitrogen and oxygen atoms in total. The van der Waals surface area contributed by atoms with Crippen molar-refractivity contribution in [3.05, 3.63) is 24.2 Å². The number of hydrogen-bond acceptors (Lipinski definition) is 4. The minimum Gasteiger partial charge on any atom is -0.459 e. The van der Waals surface area contributed by atoms with Gasteiger partial charge in [-0.25, -0.2) is 5.01 Å². The molecule has 1 N–H and O–H groups in total. The van der Waals surface area contributed by atoms with E-state index >= 15 is 0 Å². The van der Waals surface area contributed by atoms with Gasteiger partial charge in [0.05, 0.1) is 12.2 Å². The summed E-state index contributed by atoms with van der Waals surface area (Å²) in [6.07, 6.45) is 9.27. The largest absolute Gasteiger partial charge is 0.459 e. The fourth-order valence-electron chi connectivity index (χ4n) is 4.05. The van der Waals surface area contributed by atoms with Crippen LogP contribution in [0.4, 0.5) is 0 Å². The van der Waals surface area contributed by atoms with Crippen LogP contribution in [0.15, 0.2) is 22.8 Å². The van der Waals surface area contributed by atoms with E-state index in [1.54, 1.807) is 17.1 Å². The van der Waals surface area contributed by atoms with Crippen molar-refractivity contribution in [2.75, 3.05) is 19.6 Å². The van der Waals surface area contributed by atoms with E-state index in [1.165, 1.54) is 24.1 Å². The van der Waals surface area contributed by atoms with Crippen LogP contribution in [0, 0.1) is 11.8 Å². The highest BCUT2D eigenvalue weighted by molar-refractivity contribution is 5.93. The number of hydrogen-bond donors (Lipinski definition) is 1. The van der Waals surface area contributed by atoms with Crippen LogP contribution in [-0.4, -0.2) is 47.9 Å². The third-order valence-electron chi connectivity index (χ3n) is 5.39. The molecular formula is C19H27N3O4. The molecule has 7 heteroatoms. The highest BCUT2D eigenvalue weighted by Gasteiger charge is 2.35. The first-order valence-corrected chi connectivity index (χ1v) is 9.54. The third-order valence-corrected chi connectivity index (χ3v) is 5.39. The predicted molar refractivity (Wildman–Crippen MR) is 94.8 cm³/mol. The minimum absolute atomic E-state index is 0.0779. The van der Waals surface area contributed by atoms with Crippen molar-refractivity contribution < 1.29 is 18.8 Å². The average molecular weight is 361 g/mol. The Morgan fingerprint density at radius 1 is 1.19 bits per heavy atom. The lowest BCUT2D eigenvalue weighted by Crippen LogP contribution is -2.55. The fourth-order valence-corrected chi connectivity index (χ4v) is 4.05. The Kier molecular flexibility index (Phi) is 6.30. The maximum absolute atomic E-state index is 13.2. The zero-order chi connectivity index (χ0) is 18.4. The Bertz CT molecular complexity index is 610. The van der Waals surface area contributed by atoms with Crippen LogP contribution >= 0.6 is 0 Å². The maximum Gasteiger partial charge on any atom is 0.308 e. The number of rotatable bonds is 7. The van der Waals surface area contributed by atoms with E-state index in [1.807, 2.05) is 0 Å². The number of amides is 3. The van der Waals surface area contributed by atoms with Crippen LogP contribution < -0.4 is 5.32 Å². The summed E-state index contributed by atoms with van der Waals surface area (Å²) in [7, 11) is 0. The number of carbonyl (C=O) groups excluding carboxylic acids is 3. The Labute approximate surface area is 153 Å². The van der Waals surface area contributed by atoms with Gasteiger partial charge in [-0.2, -0.15) is 0 Å². The maximum atomic E-state index is 13.2. The summed E-state index contributed by atoms with van der Waals surface area (Å²) >= 11 is 0. The zero-order valence-electron chi connectivity index (χ0n) is 15.1. The van der Waals surface area contributed by atoms with Gasteiger partial charge in [0.15, 0.2) is 5.76 Å². The predicted octanol–water partition coefficient (Wildman–Crippen LogP) is 2.20. The molecule has 2 fully saturated rings. The lowest BCUT2D eigenvalue weighted by atomic mass is 9.92. The quantitative estimate of drug-likeness (QED) is 0.755. The van der Waals surface area contributed by atoms with Gasteiger partial charge in [0.25, 0.3) is 0 Å². The molecule has 0 bridgehead atoms. The van der Waals surface area contributed by atoms with Gasteiger partial charge in [-0.3, -0.25) is 19.4 Å². The van der Waals surface area contributed by atoms with Crippen LogP contribution in [-0.2, 0) is 9.59 Å². The summed E-state index contributed by atoms with van der Waals surface area (Å²) < 4.78 is 5.22. The Morgan fingerprint density at radius 2 is 1.92 bits per heavy atom. The SMILES string of the molecule is O=CNCC(CC1CCCC1)C(=O)N1CCCCN1C(=O)c1ccco1. The van der Waals surface area contributed by atoms with Gasteiger partial charge in [-0.05, 0) is 37.3 Å². The van der Waals surface area contributed by atoms with E-state index in [2.05, 4.69) is 5.32 Å². The Morgan fingerprint density at radius 3 is 2.58 bits per heavy atom. The van der Waals surface area contributed by atoms with Crippen molar-refractivity contribution >= 4 is 18.2 Å². The molecule has 1 saturated heterocycles. The fraction of sp³-hybridized carbons (Fsp3) is 0.632. The lowest BCUT2D eigenvalue weighted by molar-refractivity contribution is -0.153. The second kappa shape index (κ2) is 8.87. The molecule has 1 aromatic rings. The van der Waals surface area contributed by atoms with Crippen molar-refractivity contribution in [3.63, 3.8) is 0 Å². The normalized spacial score (nSPS) is 19.4. The molecule has 1 atom stereocenters. The van der Waals surface area contributed by atoms with Gasteiger partial charge < -0.3 is 9.73 Å². The first kappa shape index (κ1) is 18.5. The van der Waals surface area contributed by atoms with E-state index in [0.717, 1.165) is 32.1 Å². The first-order chi connectivity index (χ1) is 12.7. The van der Waals surface area contributed by atoms with Crippen LogP contribution in [0.3, 0.4) is 0 Å². The van der Waals surface area contributed by atoms with Crippen LogP contribution in [0.2, 0.25) is 0 Å². The molecule has 0 radical (unpaired) electrons. The van der Waals surface area contributed by atoms with Gasteiger partial charge in [0, 0.05) is 19.6 Å². The van der Waals surface area contributed by atoms with Crippen LogP contribution in [0.25, 0.3) is 0 Å². The molecule has 1 aliphatic heterocycles. The smallest absolute Gasteiger partial charge is 0.308 e. The highest BCUT2D eigenvalue weighted by atomic mass is 16.3. The van der Waals surface area contributed by atoms with Crippen molar-refractivity contribution in [3.8, 4) is 0 Å². The number of nitrogens with one attached hydrogen (secondary N) is 1. The van der Waals surface area contributed by atoms with Crippen LogP contribution in [0.1, 0.15) is 55.5 Å². The molecule has 3 amide bonds. The molecule has 1 aliphatic carbocycles. The number of furan rings is 1. The standard InChI is InChI=1S/C19H27N3O4/c23-14-20-13-16(12-15-6-1-2-7-15)18(24)21-9-3-4-10-22(21)19(25)17-8-5-11-26-17/h5,8,11,14-16H,1-4,6-7,9-10,12-13H2,(H,20,23). The van der Waals surface area contributed by atoms with Gasteiger partial charge in [0.1, 0.15) is 0 Å². The molecule has 1 unspecified atom stereocenters. The molecule has 142 valence electrons. The molecule has 1 aromatic heterocycles. The van der Waals surface area contributed by atoms with Crippen molar-refractivity contribution in [2.24, 2.45) is 11.8 Å². The first-order valence-electron chi connectivity index (χ1n) is 9.54. The molecule has 0 spiro atoms. The molecular weight excluding hydrogens is 334 g/mol. The van der Waals surface area contributed by atoms with Crippen molar-refractivity contribution in [2.45, 2.75) is 44.9 Å². The monoisotopic (exact) mass is 361 g/mol. The summed E-state index contributed by atoms with van der Waals surface area (Å²) in [6.45, 7) is 1.34. The Hall–Kier alpha value is -2.31. The van der Waals surface area contributed by atoms with Gasteiger partial charge >= 0.3 is 5.91 Å². The summed E-state index contributed by atoms with van der Waals surface area (Å²) in [5, 5.41) is 5.74. The molecule has 2 aliphatic rings.